The summed E-state index contributed by atoms with van der Waals surface area (Å²) >= 11 is 0. The van der Waals surface area contributed by atoms with Gasteiger partial charge < -0.3 is 4.74 Å². The number of rotatable bonds is 3. The zero-order valence-electron chi connectivity index (χ0n) is 19.7. The van der Waals surface area contributed by atoms with Crippen LogP contribution in [0.3, 0.4) is 0 Å². The second kappa shape index (κ2) is 7.47. The van der Waals surface area contributed by atoms with E-state index < -0.39 is 5.41 Å². The van der Waals surface area contributed by atoms with Crippen LogP contribution in [0.15, 0.2) is 0 Å². The highest BCUT2D eigenvalue weighted by atomic mass is 16.5. The molecule has 1 fully saturated rings. The zero-order valence-corrected chi connectivity index (χ0v) is 19.7. The molecule has 0 heterocycles. The first kappa shape index (κ1) is 23.5. The highest BCUT2D eigenvalue weighted by molar-refractivity contribution is 5.76. The summed E-state index contributed by atoms with van der Waals surface area (Å²) in [6.45, 7) is 27.1. The fourth-order valence-electron chi connectivity index (χ4n) is 4.25. The maximum Gasteiger partial charge on any atom is 0.311 e. The van der Waals surface area contributed by atoms with Crippen LogP contribution in [-0.2, 0) is 9.53 Å². The summed E-state index contributed by atoms with van der Waals surface area (Å²) in [5.41, 5.74) is 0.111. The summed E-state index contributed by atoms with van der Waals surface area (Å²) in [4.78, 5) is 13.0. The number of carbonyl (C=O) groups excluding carboxylic acids is 1. The normalized spacial score (nSPS) is 28.8. The van der Waals surface area contributed by atoms with E-state index in [1.165, 1.54) is 0 Å². The lowest BCUT2D eigenvalue weighted by atomic mass is 9.55. The predicted octanol–water partition coefficient (Wildman–Crippen LogP) is 7.12. The van der Waals surface area contributed by atoms with Crippen molar-refractivity contribution in [1.82, 2.24) is 0 Å². The molecular weight excluding hydrogens is 320 g/mol. The van der Waals surface area contributed by atoms with Crippen LogP contribution < -0.4 is 0 Å². The Morgan fingerprint density at radius 2 is 1.15 bits per heavy atom. The van der Waals surface area contributed by atoms with Gasteiger partial charge in [-0.25, -0.2) is 0 Å². The lowest BCUT2D eigenvalue weighted by Gasteiger charge is -2.53. The Hall–Kier alpha value is -0.530. The fourth-order valence-corrected chi connectivity index (χ4v) is 4.25. The van der Waals surface area contributed by atoms with Crippen molar-refractivity contribution in [3.05, 3.63) is 0 Å². The molecule has 0 aliphatic heterocycles. The zero-order chi connectivity index (χ0) is 20.7. The fraction of sp³-hybridized carbons (Fsp3) is 0.958. The molecule has 1 aliphatic rings. The molecule has 1 saturated carbocycles. The minimum atomic E-state index is -0.411. The molecule has 0 amide bonds. The smallest absolute Gasteiger partial charge is 0.311 e. The molecule has 0 radical (unpaired) electrons. The summed E-state index contributed by atoms with van der Waals surface area (Å²) in [7, 11) is 0. The van der Waals surface area contributed by atoms with Gasteiger partial charge in [-0.2, -0.15) is 0 Å². The monoisotopic (exact) mass is 366 g/mol. The van der Waals surface area contributed by atoms with Crippen molar-refractivity contribution in [3.63, 3.8) is 0 Å². The van der Waals surface area contributed by atoms with E-state index in [-0.39, 0.29) is 28.3 Å². The average molecular weight is 367 g/mol. The van der Waals surface area contributed by atoms with Crippen LogP contribution in [0.25, 0.3) is 0 Å². The predicted molar refractivity (Wildman–Crippen MR) is 112 cm³/mol. The van der Waals surface area contributed by atoms with E-state index in [1.807, 2.05) is 13.8 Å². The molecule has 0 spiro atoms. The Kier molecular flexibility index (Phi) is 6.76. The van der Waals surface area contributed by atoms with Gasteiger partial charge in [-0.3, -0.25) is 4.79 Å². The molecule has 2 unspecified atom stereocenters. The van der Waals surface area contributed by atoms with Crippen molar-refractivity contribution in [1.29, 1.82) is 0 Å². The molecule has 0 N–H and O–H groups in total. The van der Waals surface area contributed by atoms with Gasteiger partial charge in [0.2, 0.25) is 0 Å². The molecule has 0 bridgehead atoms. The number of esters is 1. The summed E-state index contributed by atoms with van der Waals surface area (Å²) in [6, 6.07) is 0. The Balaban J connectivity index is 3.32. The van der Waals surface area contributed by atoms with Crippen LogP contribution in [0.4, 0.5) is 0 Å². The highest BCUT2D eigenvalue weighted by Crippen LogP contribution is 2.53. The Labute approximate surface area is 163 Å². The maximum atomic E-state index is 13.0. The van der Waals surface area contributed by atoms with Gasteiger partial charge in [-0.15, -0.1) is 0 Å². The first-order valence-corrected chi connectivity index (χ1v) is 10.6. The van der Waals surface area contributed by atoms with E-state index in [0.717, 1.165) is 19.3 Å². The highest BCUT2D eigenvalue weighted by Gasteiger charge is 2.51. The van der Waals surface area contributed by atoms with Crippen LogP contribution in [0.1, 0.15) is 102 Å². The van der Waals surface area contributed by atoms with E-state index in [9.17, 15) is 4.79 Å². The van der Waals surface area contributed by atoms with E-state index >= 15 is 0 Å². The molecule has 0 aromatic rings. The number of hydrogen-bond donors (Lipinski definition) is 0. The molecular formula is C24H46O2. The van der Waals surface area contributed by atoms with Gasteiger partial charge in [0.05, 0.1) is 5.41 Å². The van der Waals surface area contributed by atoms with Crippen molar-refractivity contribution in [2.24, 2.45) is 39.4 Å². The van der Waals surface area contributed by atoms with Gasteiger partial charge >= 0.3 is 5.97 Å². The SMILES string of the molecule is CCC(C)(C)C(=O)OC1C(C(C)(C)C)CC(C(C)(C)C)CC1C(C)(C)C. The molecule has 0 aromatic carbocycles. The molecule has 1 rings (SSSR count). The van der Waals surface area contributed by atoms with Gasteiger partial charge in [0, 0.05) is 11.8 Å². The standard InChI is InChI=1S/C24H46O2/c1-13-24(11,12)20(25)26-19-17(22(5,6)7)14-16(21(2,3)4)15-18(19)23(8,9)10/h16-19H,13-15H2,1-12H3. The van der Waals surface area contributed by atoms with E-state index in [2.05, 4.69) is 69.2 Å². The second-order valence-electron chi connectivity index (χ2n) is 12.6. The van der Waals surface area contributed by atoms with Crippen molar-refractivity contribution < 1.29 is 9.53 Å². The average Bonchev–Trinajstić information content (AvgIpc) is 2.43. The van der Waals surface area contributed by atoms with Crippen molar-refractivity contribution in [2.45, 2.75) is 108 Å². The van der Waals surface area contributed by atoms with Crippen LogP contribution in [0.2, 0.25) is 0 Å². The van der Waals surface area contributed by atoms with Crippen LogP contribution in [-0.4, -0.2) is 12.1 Å². The lowest BCUT2D eigenvalue weighted by Crippen LogP contribution is -2.52. The first-order valence-electron chi connectivity index (χ1n) is 10.6. The third-order valence-electron chi connectivity index (χ3n) is 7.00. The summed E-state index contributed by atoms with van der Waals surface area (Å²) in [5.74, 6) is 1.41. The van der Waals surface area contributed by atoms with E-state index in [1.54, 1.807) is 0 Å². The summed E-state index contributed by atoms with van der Waals surface area (Å²) < 4.78 is 6.35. The number of ether oxygens (including phenoxy) is 1. The molecule has 154 valence electrons. The van der Waals surface area contributed by atoms with Gasteiger partial charge in [-0.05, 0) is 55.3 Å². The van der Waals surface area contributed by atoms with E-state index in [0.29, 0.717) is 17.8 Å². The van der Waals surface area contributed by atoms with Crippen LogP contribution >= 0.6 is 0 Å². The van der Waals surface area contributed by atoms with Crippen molar-refractivity contribution in [2.75, 3.05) is 0 Å². The largest absolute Gasteiger partial charge is 0.461 e. The molecule has 26 heavy (non-hydrogen) atoms. The quantitative estimate of drug-likeness (QED) is 0.497. The minimum Gasteiger partial charge on any atom is -0.461 e. The summed E-state index contributed by atoms with van der Waals surface area (Å²) in [6.07, 6.45) is 3.10. The van der Waals surface area contributed by atoms with Gasteiger partial charge in [0.15, 0.2) is 0 Å². The topological polar surface area (TPSA) is 26.3 Å². The lowest BCUT2D eigenvalue weighted by molar-refractivity contribution is -0.182. The van der Waals surface area contributed by atoms with E-state index in [4.69, 9.17) is 4.74 Å². The van der Waals surface area contributed by atoms with Gasteiger partial charge in [0.1, 0.15) is 6.10 Å². The van der Waals surface area contributed by atoms with Gasteiger partial charge in [0.25, 0.3) is 0 Å². The third kappa shape index (κ3) is 5.49. The Morgan fingerprint density at radius 3 is 1.42 bits per heavy atom. The first-order chi connectivity index (χ1) is 11.4. The van der Waals surface area contributed by atoms with Crippen LogP contribution in [0, 0.1) is 39.4 Å². The molecule has 2 heteroatoms. The Morgan fingerprint density at radius 1 is 0.769 bits per heavy atom. The van der Waals surface area contributed by atoms with Crippen molar-refractivity contribution in [3.8, 4) is 0 Å². The van der Waals surface area contributed by atoms with Gasteiger partial charge in [-0.1, -0.05) is 69.2 Å². The van der Waals surface area contributed by atoms with Crippen molar-refractivity contribution >= 4 is 5.97 Å². The molecule has 2 nitrogen and oxygen atoms in total. The molecule has 1 aliphatic carbocycles. The second-order valence-corrected chi connectivity index (χ2v) is 12.6. The number of hydrogen-bond acceptors (Lipinski definition) is 2. The number of carbonyl (C=O) groups is 1. The molecule has 2 atom stereocenters. The third-order valence-corrected chi connectivity index (χ3v) is 7.00. The Bertz CT molecular complexity index is 458. The minimum absolute atomic E-state index is 0.00641. The van der Waals surface area contributed by atoms with Crippen LogP contribution in [0.5, 0.6) is 0 Å². The molecule has 0 aromatic heterocycles. The summed E-state index contributed by atoms with van der Waals surface area (Å²) in [5, 5.41) is 0. The molecule has 0 saturated heterocycles. The maximum absolute atomic E-state index is 13.0.